The normalized spacial score (nSPS) is 11.1. The van der Waals surface area contributed by atoms with Crippen molar-refractivity contribution < 1.29 is 0 Å². The summed E-state index contributed by atoms with van der Waals surface area (Å²) < 4.78 is 4.50. The molecular weight excluding hydrogens is 328 g/mol. The predicted molar refractivity (Wildman–Crippen MR) is 100 cm³/mol. The molecular formula is C20H18N4O2. The minimum absolute atomic E-state index is 0.235. The fraction of sp³-hybridized carbons (Fsp3) is 0.150. The molecule has 4 rings (SSSR count). The van der Waals surface area contributed by atoms with Crippen LogP contribution in [-0.4, -0.2) is 18.7 Å². The first-order valence-corrected chi connectivity index (χ1v) is 8.37. The van der Waals surface area contributed by atoms with E-state index in [1.54, 1.807) is 17.9 Å². The Hall–Kier alpha value is -3.41. The van der Waals surface area contributed by atoms with Crippen LogP contribution < -0.4 is 11.2 Å². The molecule has 0 aliphatic carbocycles. The second-order valence-corrected chi connectivity index (χ2v) is 6.25. The van der Waals surface area contributed by atoms with Crippen molar-refractivity contribution in [2.45, 2.75) is 13.1 Å². The lowest BCUT2D eigenvalue weighted by Gasteiger charge is -2.10. The summed E-state index contributed by atoms with van der Waals surface area (Å²) in [6.07, 6.45) is 1.62. The van der Waals surface area contributed by atoms with Crippen LogP contribution in [0.5, 0.6) is 0 Å². The summed E-state index contributed by atoms with van der Waals surface area (Å²) in [7, 11) is 1.64. The Kier molecular flexibility index (Phi) is 4.01. The Bertz CT molecular complexity index is 1170. The average Bonchev–Trinajstić information content (AvgIpc) is 3.09. The maximum Gasteiger partial charge on any atom is 0.332 e. The van der Waals surface area contributed by atoms with E-state index < -0.39 is 0 Å². The van der Waals surface area contributed by atoms with Crippen LogP contribution in [0, 0.1) is 0 Å². The number of imidazole rings is 1. The van der Waals surface area contributed by atoms with E-state index >= 15 is 0 Å². The number of rotatable bonds is 4. The van der Waals surface area contributed by atoms with Crippen molar-refractivity contribution in [3.05, 3.63) is 99.0 Å². The largest absolute Gasteiger partial charge is 0.332 e. The van der Waals surface area contributed by atoms with E-state index in [1.165, 1.54) is 9.13 Å². The van der Waals surface area contributed by atoms with Crippen LogP contribution in [0.3, 0.4) is 0 Å². The molecule has 0 amide bonds. The third kappa shape index (κ3) is 2.75. The van der Waals surface area contributed by atoms with Crippen molar-refractivity contribution in [1.29, 1.82) is 0 Å². The number of aryl methyl sites for hydroxylation is 1. The van der Waals surface area contributed by atoms with Gasteiger partial charge >= 0.3 is 5.69 Å². The molecule has 6 nitrogen and oxygen atoms in total. The van der Waals surface area contributed by atoms with Crippen molar-refractivity contribution in [1.82, 2.24) is 18.7 Å². The van der Waals surface area contributed by atoms with Crippen LogP contribution >= 0.6 is 0 Å². The molecule has 0 saturated heterocycles. The third-order valence-corrected chi connectivity index (χ3v) is 4.48. The molecule has 26 heavy (non-hydrogen) atoms. The van der Waals surface area contributed by atoms with Gasteiger partial charge in [-0.2, -0.15) is 0 Å². The number of aromatic nitrogens is 4. The van der Waals surface area contributed by atoms with Crippen LogP contribution in [0.25, 0.3) is 11.2 Å². The van der Waals surface area contributed by atoms with E-state index in [0.717, 1.165) is 11.1 Å². The zero-order valence-electron chi connectivity index (χ0n) is 14.4. The highest BCUT2D eigenvalue weighted by molar-refractivity contribution is 5.70. The molecule has 2 heterocycles. The van der Waals surface area contributed by atoms with Crippen molar-refractivity contribution in [3.63, 3.8) is 0 Å². The van der Waals surface area contributed by atoms with Gasteiger partial charge in [0.05, 0.1) is 12.9 Å². The summed E-state index contributed by atoms with van der Waals surface area (Å²) in [5.41, 5.74) is 2.12. The van der Waals surface area contributed by atoms with E-state index in [4.69, 9.17) is 0 Å². The van der Waals surface area contributed by atoms with Crippen molar-refractivity contribution in [2.75, 3.05) is 0 Å². The maximum absolute atomic E-state index is 13.1. The first kappa shape index (κ1) is 16.1. The minimum Gasteiger partial charge on any atom is -0.320 e. The molecule has 6 heteroatoms. The number of benzene rings is 2. The fourth-order valence-electron chi connectivity index (χ4n) is 3.13. The summed E-state index contributed by atoms with van der Waals surface area (Å²) >= 11 is 0. The molecule has 2 aromatic carbocycles. The van der Waals surface area contributed by atoms with Gasteiger partial charge in [0.15, 0.2) is 11.2 Å². The monoisotopic (exact) mass is 346 g/mol. The standard InChI is InChI=1S/C20H18N4O2/c1-22-18-17(23(14-21-18)12-15-8-4-2-5-9-15)19(25)24(20(22)26)13-16-10-6-3-7-11-16/h2-11,14H,12-13H2,1H3. The lowest BCUT2D eigenvalue weighted by Crippen LogP contribution is -2.40. The Morgan fingerprint density at radius 1 is 0.846 bits per heavy atom. The molecule has 2 aromatic heterocycles. The van der Waals surface area contributed by atoms with Crippen LogP contribution in [0.1, 0.15) is 11.1 Å². The Balaban J connectivity index is 1.87. The first-order valence-electron chi connectivity index (χ1n) is 8.37. The van der Waals surface area contributed by atoms with Gasteiger partial charge in [0.2, 0.25) is 0 Å². The summed E-state index contributed by atoms with van der Waals surface area (Å²) in [5.74, 6) is 0. The quantitative estimate of drug-likeness (QED) is 0.568. The van der Waals surface area contributed by atoms with E-state index in [2.05, 4.69) is 4.98 Å². The van der Waals surface area contributed by atoms with Gasteiger partial charge in [0.25, 0.3) is 5.56 Å². The average molecular weight is 346 g/mol. The van der Waals surface area contributed by atoms with Gasteiger partial charge in [-0.3, -0.25) is 13.9 Å². The molecule has 0 aliphatic rings. The lowest BCUT2D eigenvalue weighted by atomic mass is 10.2. The molecule has 0 N–H and O–H groups in total. The first-order chi connectivity index (χ1) is 12.6. The van der Waals surface area contributed by atoms with Crippen LogP contribution in [-0.2, 0) is 20.1 Å². The van der Waals surface area contributed by atoms with Crippen LogP contribution in [0.2, 0.25) is 0 Å². The van der Waals surface area contributed by atoms with Gasteiger partial charge in [-0.25, -0.2) is 9.78 Å². The molecule has 0 unspecified atom stereocenters. The molecule has 0 atom stereocenters. The SMILES string of the molecule is Cn1c(=O)n(Cc2ccccc2)c(=O)c2c1ncn2Cc1ccccc1. The Labute approximate surface area is 149 Å². The topological polar surface area (TPSA) is 61.8 Å². The van der Waals surface area contributed by atoms with Crippen molar-refractivity contribution >= 4 is 11.2 Å². The summed E-state index contributed by atoms with van der Waals surface area (Å²) in [4.78, 5) is 30.0. The van der Waals surface area contributed by atoms with Gasteiger partial charge in [-0.1, -0.05) is 60.7 Å². The Morgan fingerprint density at radius 3 is 2.04 bits per heavy atom. The van der Waals surface area contributed by atoms with E-state index in [-0.39, 0.29) is 17.8 Å². The van der Waals surface area contributed by atoms with Gasteiger partial charge < -0.3 is 4.57 Å². The smallest absolute Gasteiger partial charge is 0.320 e. The molecule has 0 radical (unpaired) electrons. The van der Waals surface area contributed by atoms with Crippen LogP contribution in [0.15, 0.2) is 76.6 Å². The highest BCUT2D eigenvalue weighted by Crippen LogP contribution is 2.10. The molecule has 0 saturated carbocycles. The summed E-state index contributed by atoms with van der Waals surface area (Å²) in [6, 6.07) is 19.3. The third-order valence-electron chi connectivity index (χ3n) is 4.48. The maximum atomic E-state index is 13.1. The second kappa shape index (κ2) is 6.48. The molecule has 4 aromatic rings. The summed E-state index contributed by atoms with van der Waals surface area (Å²) in [5, 5.41) is 0. The highest BCUT2D eigenvalue weighted by atomic mass is 16.2. The van der Waals surface area contributed by atoms with E-state index in [0.29, 0.717) is 17.7 Å². The second-order valence-electron chi connectivity index (χ2n) is 6.25. The van der Waals surface area contributed by atoms with E-state index in [9.17, 15) is 9.59 Å². The predicted octanol–water partition coefficient (Wildman–Crippen LogP) is 1.99. The molecule has 130 valence electrons. The lowest BCUT2D eigenvalue weighted by molar-refractivity contribution is 0.653. The number of fused-ring (bicyclic) bond motifs is 1. The fourth-order valence-corrected chi connectivity index (χ4v) is 3.13. The van der Waals surface area contributed by atoms with Crippen LogP contribution in [0.4, 0.5) is 0 Å². The zero-order valence-corrected chi connectivity index (χ0v) is 14.4. The van der Waals surface area contributed by atoms with Gasteiger partial charge in [-0.15, -0.1) is 0 Å². The molecule has 0 bridgehead atoms. The van der Waals surface area contributed by atoms with Crippen molar-refractivity contribution in [3.8, 4) is 0 Å². The molecule has 0 aliphatic heterocycles. The van der Waals surface area contributed by atoms with Gasteiger partial charge in [0.1, 0.15) is 0 Å². The van der Waals surface area contributed by atoms with E-state index in [1.807, 2.05) is 60.7 Å². The number of nitrogens with zero attached hydrogens (tertiary/aromatic N) is 4. The van der Waals surface area contributed by atoms with Gasteiger partial charge in [-0.05, 0) is 11.1 Å². The number of hydrogen-bond donors (Lipinski definition) is 0. The molecule has 0 spiro atoms. The van der Waals surface area contributed by atoms with Gasteiger partial charge in [0, 0.05) is 13.6 Å². The Morgan fingerprint density at radius 2 is 1.42 bits per heavy atom. The van der Waals surface area contributed by atoms with Crippen molar-refractivity contribution in [2.24, 2.45) is 7.05 Å². The highest BCUT2D eigenvalue weighted by Gasteiger charge is 2.16. The minimum atomic E-state index is -0.365. The molecule has 0 fully saturated rings. The summed E-state index contributed by atoms with van der Waals surface area (Å²) in [6.45, 7) is 0.759. The number of hydrogen-bond acceptors (Lipinski definition) is 3. The zero-order chi connectivity index (χ0) is 18.1.